The van der Waals surface area contributed by atoms with Gasteiger partial charge >= 0.3 is 0 Å². The van der Waals surface area contributed by atoms with Gasteiger partial charge in [0.05, 0.1) is 4.90 Å². The lowest BCUT2D eigenvalue weighted by Gasteiger charge is -2.18. The van der Waals surface area contributed by atoms with Gasteiger partial charge in [-0.2, -0.15) is 4.31 Å². The molecule has 1 heterocycles. The van der Waals surface area contributed by atoms with Crippen molar-refractivity contribution in [1.82, 2.24) is 14.5 Å². The van der Waals surface area contributed by atoms with Crippen molar-refractivity contribution in [2.24, 2.45) is 0 Å². The van der Waals surface area contributed by atoms with Gasteiger partial charge in [0.15, 0.2) is 0 Å². The van der Waals surface area contributed by atoms with E-state index in [4.69, 9.17) is 16.0 Å². The molecule has 0 aliphatic heterocycles. The quantitative estimate of drug-likeness (QED) is 0.379. The number of sulfonamides is 1. The summed E-state index contributed by atoms with van der Waals surface area (Å²) in [6.45, 7) is 6.54. The fourth-order valence-electron chi connectivity index (χ4n) is 3.06. The zero-order chi connectivity index (χ0) is 21.7. The second-order valence-corrected chi connectivity index (χ2v) is 10.1. The van der Waals surface area contributed by atoms with Gasteiger partial charge in [0.25, 0.3) is 5.22 Å². The maximum absolute atomic E-state index is 12.8. The lowest BCUT2D eigenvalue weighted by atomic mass is 10.1. The molecule has 0 N–H and O–H groups in total. The zero-order valence-electron chi connectivity index (χ0n) is 17.1. The second-order valence-electron chi connectivity index (χ2n) is 6.56. The van der Waals surface area contributed by atoms with Crippen LogP contribution in [0.2, 0.25) is 5.02 Å². The standard InChI is InChI=1S/C21H24ClN3O3S2/c1-4-19(15-10-12-17(22)13-11-15)29-21-24-23-20(28-21)16-8-7-9-18(14-16)30(26,27)25(5-2)6-3/h7-14,19H,4-6H2,1-3H3. The summed E-state index contributed by atoms with van der Waals surface area (Å²) in [7, 11) is -3.56. The van der Waals surface area contributed by atoms with Gasteiger partial charge in [-0.25, -0.2) is 8.42 Å². The summed E-state index contributed by atoms with van der Waals surface area (Å²) in [5.41, 5.74) is 1.70. The van der Waals surface area contributed by atoms with Gasteiger partial charge in [-0.05, 0) is 42.3 Å². The summed E-state index contributed by atoms with van der Waals surface area (Å²) >= 11 is 7.46. The van der Waals surface area contributed by atoms with Gasteiger partial charge in [0.2, 0.25) is 15.9 Å². The minimum Gasteiger partial charge on any atom is -0.411 e. The molecule has 1 aromatic heterocycles. The van der Waals surface area contributed by atoms with Crippen molar-refractivity contribution in [3.63, 3.8) is 0 Å². The summed E-state index contributed by atoms with van der Waals surface area (Å²) < 4.78 is 32.8. The highest BCUT2D eigenvalue weighted by molar-refractivity contribution is 7.99. The molecule has 0 saturated carbocycles. The van der Waals surface area contributed by atoms with E-state index in [0.29, 0.717) is 34.8 Å². The van der Waals surface area contributed by atoms with Crippen LogP contribution in [0.1, 0.15) is 38.0 Å². The molecule has 0 radical (unpaired) electrons. The van der Waals surface area contributed by atoms with Crippen LogP contribution in [0, 0.1) is 0 Å². The molecule has 160 valence electrons. The van der Waals surface area contributed by atoms with Crippen LogP contribution in [-0.2, 0) is 10.0 Å². The first-order valence-electron chi connectivity index (χ1n) is 9.75. The summed E-state index contributed by atoms with van der Waals surface area (Å²) in [6, 6.07) is 14.3. The number of thioether (sulfide) groups is 1. The van der Waals surface area contributed by atoms with Crippen LogP contribution in [0.25, 0.3) is 11.5 Å². The van der Waals surface area contributed by atoms with Crippen LogP contribution in [0.15, 0.2) is 63.1 Å². The summed E-state index contributed by atoms with van der Waals surface area (Å²) in [5, 5.41) is 9.54. The fourth-order valence-corrected chi connectivity index (χ4v) is 5.61. The van der Waals surface area contributed by atoms with Crippen LogP contribution in [0.3, 0.4) is 0 Å². The molecule has 30 heavy (non-hydrogen) atoms. The Morgan fingerprint density at radius 1 is 1.07 bits per heavy atom. The van der Waals surface area contributed by atoms with Crippen molar-refractivity contribution in [3.05, 3.63) is 59.1 Å². The molecule has 0 saturated heterocycles. The third-order valence-corrected chi connectivity index (χ3v) is 8.24. The number of nitrogens with zero attached hydrogens (tertiary/aromatic N) is 3. The van der Waals surface area contributed by atoms with Crippen molar-refractivity contribution in [1.29, 1.82) is 0 Å². The second kappa shape index (κ2) is 9.96. The van der Waals surface area contributed by atoms with E-state index in [1.54, 1.807) is 24.3 Å². The number of rotatable bonds is 9. The van der Waals surface area contributed by atoms with Gasteiger partial charge in [0, 0.05) is 28.9 Å². The first kappa shape index (κ1) is 22.8. The van der Waals surface area contributed by atoms with Crippen molar-refractivity contribution in [3.8, 4) is 11.5 Å². The fraction of sp³-hybridized carbons (Fsp3) is 0.333. The molecule has 9 heteroatoms. The number of aromatic nitrogens is 2. The molecule has 3 rings (SSSR count). The predicted molar refractivity (Wildman–Crippen MR) is 120 cm³/mol. The van der Waals surface area contributed by atoms with Crippen LogP contribution in [0.4, 0.5) is 0 Å². The van der Waals surface area contributed by atoms with Crippen LogP contribution >= 0.6 is 23.4 Å². The van der Waals surface area contributed by atoms with Crippen LogP contribution < -0.4 is 0 Å². The Morgan fingerprint density at radius 2 is 1.77 bits per heavy atom. The lowest BCUT2D eigenvalue weighted by Crippen LogP contribution is -2.30. The molecule has 0 fully saturated rings. The minimum absolute atomic E-state index is 0.143. The molecule has 6 nitrogen and oxygen atoms in total. The molecule has 1 atom stereocenters. The molecule has 0 aliphatic rings. The highest BCUT2D eigenvalue weighted by atomic mass is 35.5. The van der Waals surface area contributed by atoms with Gasteiger partial charge in [-0.1, -0.05) is 62.3 Å². The smallest absolute Gasteiger partial charge is 0.277 e. The molecule has 0 bridgehead atoms. The van der Waals surface area contributed by atoms with Gasteiger partial charge in [0.1, 0.15) is 0 Å². The zero-order valence-corrected chi connectivity index (χ0v) is 19.5. The third kappa shape index (κ3) is 5.06. The Bertz CT molecular complexity index is 1080. The van der Waals surface area contributed by atoms with Gasteiger partial charge in [-0.3, -0.25) is 0 Å². The Labute approximate surface area is 186 Å². The van der Waals surface area contributed by atoms with E-state index >= 15 is 0 Å². The number of hydrogen-bond acceptors (Lipinski definition) is 6. The molecule has 0 spiro atoms. The molecular formula is C21H24ClN3O3S2. The molecule has 3 aromatic rings. The van der Waals surface area contributed by atoms with Crippen molar-refractivity contribution >= 4 is 33.4 Å². The summed E-state index contributed by atoms with van der Waals surface area (Å²) in [4.78, 5) is 0.212. The van der Waals surface area contributed by atoms with Gasteiger partial charge in [-0.15, -0.1) is 10.2 Å². The largest absolute Gasteiger partial charge is 0.411 e. The Balaban J connectivity index is 1.83. The average Bonchev–Trinajstić information content (AvgIpc) is 3.22. The van der Waals surface area contributed by atoms with Gasteiger partial charge < -0.3 is 4.42 Å². The Hall–Kier alpha value is -1.87. The topological polar surface area (TPSA) is 76.3 Å². The summed E-state index contributed by atoms with van der Waals surface area (Å²) in [6.07, 6.45) is 0.877. The highest BCUT2D eigenvalue weighted by Crippen LogP contribution is 2.38. The first-order chi connectivity index (χ1) is 14.4. The van der Waals surface area contributed by atoms with Crippen molar-refractivity contribution < 1.29 is 12.8 Å². The number of halogens is 1. The third-order valence-electron chi connectivity index (χ3n) is 4.69. The normalized spacial score (nSPS) is 13.0. The Morgan fingerprint density at radius 3 is 2.40 bits per heavy atom. The first-order valence-corrected chi connectivity index (χ1v) is 12.4. The monoisotopic (exact) mass is 465 g/mol. The molecule has 1 unspecified atom stereocenters. The highest BCUT2D eigenvalue weighted by Gasteiger charge is 2.23. The molecule has 0 amide bonds. The van der Waals surface area contributed by atoms with E-state index in [1.165, 1.54) is 16.1 Å². The van der Waals surface area contributed by atoms with Crippen molar-refractivity contribution in [2.45, 2.75) is 42.6 Å². The van der Waals surface area contributed by atoms with E-state index in [9.17, 15) is 8.42 Å². The van der Waals surface area contributed by atoms with E-state index in [2.05, 4.69) is 17.1 Å². The molecule has 2 aromatic carbocycles. The summed E-state index contributed by atoms with van der Waals surface area (Å²) in [5.74, 6) is 0.292. The van der Waals surface area contributed by atoms with E-state index in [0.717, 1.165) is 12.0 Å². The molecular weight excluding hydrogens is 442 g/mol. The van der Waals surface area contributed by atoms with E-state index in [-0.39, 0.29) is 10.1 Å². The lowest BCUT2D eigenvalue weighted by molar-refractivity contribution is 0.445. The van der Waals surface area contributed by atoms with E-state index in [1.807, 2.05) is 38.1 Å². The average molecular weight is 466 g/mol. The predicted octanol–water partition coefficient (Wildman–Crippen LogP) is 5.66. The van der Waals surface area contributed by atoms with Crippen LogP contribution in [0.5, 0.6) is 0 Å². The minimum atomic E-state index is -3.56. The van der Waals surface area contributed by atoms with Crippen LogP contribution in [-0.4, -0.2) is 36.0 Å². The van der Waals surface area contributed by atoms with E-state index < -0.39 is 10.0 Å². The SMILES string of the molecule is CCC(Sc1nnc(-c2cccc(S(=O)(=O)N(CC)CC)c2)o1)c1ccc(Cl)cc1. The number of benzene rings is 2. The maximum atomic E-state index is 12.8. The Kier molecular flexibility index (Phi) is 7.57. The number of hydrogen-bond donors (Lipinski definition) is 0. The molecule has 0 aliphatic carbocycles. The maximum Gasteiger partial charge on any atom is 0.277 e. The van der Waals surface area contributed by atoms with Crippen molar-refractivity contribution in [2.75, 3.05) is 13.1 Å².